The number of rotatable bonds is 9. The number of anilines is 1. The summed E-state index contributed by atoms with van der Waals surface area (Å²) in [5.41, 5.74) is 1.39. The average Bonchev–Trinajstić information content (AvgIpc) is 2.65. The first kappa shape index (κ1) is 22.0. The van der Waals surface area contributed by atoms with Gasteiger partial charge in [-0.3, -0.25) is 9.10 Å². The second kappa shape index (κ2) is 9.80. The number of ether oxygens (including phenoxy) is 1. The van der Waals surface area contributed by atoms with Crippen LogP contribution < -0.4 is 14.4 Å². The molecule has 8 heteroatoms. The first-order valence-corrected chi connectivity index (χ1v) is 11.1. The summed E-state index contributed by atoms with van der Waals surface area (Å²) in [6, 6.07) is 13.3. The van der Waals surface area contributed by atoms with Gasteiger partial charge in [0.25, 0.3) is 0 Å². The van der Waals surface area contributed by atoms with Crippen LogP contribution in [0.1, 0.15) is 18.9 Å². The summed E-state index contributed by atoms with van der Waals surface area (Å²) in [5, 5.41) is 3.50. The Morgan fingerprint density at radius 1 is 1.21 bits per heavy atom. The minimum atomic E-state index is -3.67. The van der Waals surface area contributed by atoms with Crippen LogP contribution in [-0.2, 0) is 21.2 Å². The van der Waals surface area contributed by atoms with E-state index >= 15 is 0 Å². The van der Waals surface area contributed by atoms with E-state index in [-0.39, 0.29) is 5.91 Å². The number of sulfonamides is 1. The summed E-state index contributed by atoms with van der Waals surface area (Å²) in [7, 11) is -2.17. The maximum atomic E-state index is 12.6. The second-order valence-electron chi connectivity index (χ2n) is 6.42. The molecule has 0 fully saturated rings. The molecular weight excluding hydrogens is 400 g/mol. The van der Waals surface area contributed by atoms with E-state index in [1.807, 2.05) is 24.3 Å². The van der Waals surface area contributed by atoms with Crippen molar-refractivity contribution in [3.63, 3.8) is 0 Å². The van der Waals surface area contributed by atoms with Crippen molar-refractivity contribution in [3.8, 4) is 5.75 Å². The van der Waals surface area contributed by atoms with Crippen molar-refractivity contribution in [2.24, 2.45) is 0 Å². The molecule has 1 atom stereocenters. The van der Waals surface area contributed by atoms with Crippen LogP contribution in [0.5, 0.6) is 5.75 Å². The SMILES string of the molecule is COc1cccc(N(C(C)C(=O)NCCCc2ccccc2Cl)S(C)(=O)=O)c1. The van der Waals surface area contributed by atoms with E-state index in [4.69, 9.17) is 16.3 Å². The molecule has 28 heavy (non-hydrogen) atoms. The highest BCUT2D eigenvalue weighted by Crippen LogP contribution is 2.25. The number of benzene rings is 2. The van der Waals surface area contributed by atoms with Crippen molar-refractivity contribution in [1.29, 1.82) is 0 Å². The van der Waals surface area contributed by atoms with E-state index in [0.29, 0.717) is 29.4 Å². The molecule has 1 N–H and O–H groups in total. The third kappa shape index (κ3) is 5.87. The second-order valence-corrected chi connectivity index (χ2v) is 8.69. The van der Waals surface area contributed by atoms with Gasteiger partial charge in [-0.15, -0.1) is 0 Å². The minimum absolute atomic E-state index is 0.368. The van der Waals surface area contributed by atoms with Crippen molar-refractivity contribution < 1.29 is 17.9 Å². The van der Waals surface area contributed by atoms with E-state index in [9.17, 15) is 13.2 Å². The summed E-state index contributed by atoms with van der Waals surface area (Å²) in [4.78, 5) is 12.6. The molecule has 152 valence electrons. The molecule has 0 heterocycles. The molecule has 0 saturated carbocycles. The predicted molar refractivity (Wildman–Crippen MR) is 113 cm³/mol. The highest BCUT2D eigenvalue weighted by atomic mass is 35.5. The Bertz CT molecular complexity index is 918. The zero-order valence-corrected chi connectivity index (χ0v) is 17.8. The number of methoxy groups -OCH3 is 1. The van der Waals surface area contributed by atoms with Crippen molar-refractivity contribution in [3.05, 3.63) is 59.1 Å². The molecule has 0 spiro atoms. The van der Waals surface area contributed by atoms with Gasteiger partial charge in [-0.2, -0.15) is 0 Å². The van der Waals surface area contributed by atoms with Crippen LogP contribution in [0.15, 0.2) is 48.5 Å². The third-order valence-electron chi connectivity index (χ3n) is 4.28. The summed E-state index contributed by atoms with van der Waals surface area (Å²) in [6.07, 6.45) is 2.49. The van der Waals surface area contributed by atoms with Crippen molar-refractivity contribution in [2.45, 2.75) is 25.8 Å². The highest BCUT2D eigenvalue weighted by molar-refractivity contribution is 7.92. The number of halogens is 1. The zero-order valence-electron chi connectivity index (χ0n) is 16.2. The van der Waals surface area contributed by atoms with Crippen LogP contribution >= 0.6 is 11.6 Å². The first-order valence-electron chi connectivity index (χ1n) is 8.88. The summed E-state index contributed by atoms with van der Waals surface area (Å²) >= 11 is 6.13. The number of amides is 1. The van der Waals surface area contributed by atoms with Crippen LogP contribution in [0.3, 0.4) is 0 Å². The normalized spacial score (nSPS) is 12.3. The zero-order chi connectivity index (χ0) is 20.7. The van der Waals surface area contributed by atoms with Gasteiger partial charge in [-0.25, -0.2) is 8.42 Å². The van der Waals surface area contributed by atoms with E-state index in [1.165, 1.54) is 7.11 Å². The monoisotopic (exact) mass is 424 g/mol. The van der Waals surface area contributed by atoms with Crippen LogP contribution in [0.2, 0.25) is 5.02 Å². The van der Waals surface area contributed by atoms with E-state index in [2.05, 4.69) is 5.32 Å². The van der Waals surface area contributed by atoms with Crippen LogP contribution in [0, 0.1) is 0 Å². The molecule has 2 rings (SSSR count). The largest absolute Gasteiger partial charge is 0.497 e. The molecule has 1 amide bonds. The smallest absolute Gasteiger partial charge is 0.243 e. The first-order chi connectivity index (χ1) is 13.2. The van der Waals surface area contributed by atoms with Crippen molar-refractivity contribution in [1.82, 2.24) is 5.32 Å². The lowest BCUT2D eigenvalue weighted by molar-refractivity contribution is -0.121. The fourth-order valence-corrected chi connectivity index (χ4v) is 4.29. The number of nitrogens with one attached hydrogen (secondary N) is 1. The number of carbonyl (C=O) groups excluding carboxylic acids is 1. The molecule has 0 saturated heterocycles. The number of hydrogen-bond donors (Lipinski definition) is 1. The lowest BCUT2D eigenvalue weighted by atomic mass is 10.1. The number of nitrogens with zero attached hydrogens (tertiary/aromatic N) is 1. The standard InChI is InChI=1S/C20H25ClN2O4S/c1-15(20(24)22-13-7-9-16-8-4-5-12-19(16)21)23(28(3,25)26)17-10-6-11-18(14-17)27-2/h4-6,8,10-12,14-15H,7,9,13H2,1-3H3,(H,22,24). The molecule has 0 aliphatic rings. The average molecular weight is 425 g/mol. The van der Waals surface area contributed by atoms with E-state index in [0.717, 1.165) is 22.5 Å². The quantitative estimate of drug-likeness (QED) is 0.627. The van der Waals surface area contributed by atoms with E-state index in [1.54, 1.807) is 31.2 Å². The maximum absolute atomic E-state index is 12.6. The Kier molecular flexibility index (Phi) is 7.71. The fourth-order valence-electron chi connectivity index (χ4n) is 2.90. The molecule has 0 aliphatic heterocycles. The Morgan fingerprint density at radius 3 is 2.57 bits per heavy atom. The van der Waals surface area contributed by atoms with Crippen molar-refractivity contribution in [2.75, 3.05) is 24.2 Å². The molecule has 2 aromatic carbocycles. The highest BCUT2D eigenvalue weighted by Gasteiger charge is 2.29. The molecular formula is C20H25ClN2O4S. The molecule has 2 aromatic rings. The van der Waals surface area contributed by atoms with Gasteiger partial charge in [0, 0.05) is 17.6 Å². The lowest BCUT2D eigenvalue weighted by Crippen LogP contribution is -2.48. The van der Waals surface area contributed by atoms with Gasteiger partial charge < -0.3 is 10.1 Å². The van der Waals surface area contributed by atoms with Gasteiger partial charge in [0.1, 0.15) is 11.8 Å². The maximum Gasteiger partial charge on any atom is 0.243 e. The molecule has 6 nitrogen and oxygen atoms in total. The van der Waals surface area contributed by atoms with Crippen LogP contribution in [-0.4, -0.2) is 40.3 Å². The Labute approximate surface area is 171 Å². The van der Waals surface area contributed by atoms with Crippen LogP contribution in [0.25, 0.3) is 0 Å². The Balaban J connectivity index is 2.02. The molecule has 0 bridgehead atoms. The Hall–Kier alpha value is -2.25. The number of carbonyl (C=O) groups is 1. The number of aryl methyl sites for hydroxylation is 1. The summed E-state index contributed by atoms with van der Waals surface area (Å²) in [6.45, 7) is 1.98. The topological polar surface area (TPSA) is 75.7 Å². The Morgan fingerprint density at radius 2 is 1.93 bits per heavy atom. The van der Waals surface area contributed by atoms with Gasteiger partial charge in [0.05, 0.1) is 19.1 Å². The molecule has 0 radical (unpaired) electrons. The van der Waals surface area contributed by atoms with E-state index < -0.39 is 16.1 Å². The predicted octanol–water partition coefficient (Wildman–Crippen LogP) is 3.25. The number of hydrogen-bond acceptors (Lipinski definition) is 4. The lowest BCUT2D eigenvalue weighted by Gasteiger charge is -2.28. The van der Waals surface area contributed by atoms with Gasteiger partial charge >= 0.3 is 0 Å². The molecule has 1 unspecified atom stereocenters. The third-order valence-corrected chi connectivity index (χ3v) is 5.89. The van der Waals surface area contributed by atoms with Gasteiger partial charge in [-0.05, 0) is 43.5 Å². The van der Waals surface area contributed by atoms with Crippen molar-refractivity contribution >= 4 is 33.2 Å². The van der Waals surface area contributed by atoms with Gasteiger partial charge in [0.2, 0.25) is 15.9 Å². The fraction of sp³-hybridized carbons (Fsp3) is 0.350. The molecule has 0 aromatic heterocycles. The van der Waals surface area contributed by atoms with Gasteiger partial charge in [0.15, 0.2) is 0 Å². The summed E-state index contributed by atoms with van der Waals surface area (Å²) < 4.78 is 30.9. The molecule has 0 aliphatic carbocycles. The van der Waals surface area contributed by atoms with Crippen LogP contribution in [0.4, 0.5) is 5.69 Å². The minimum Gasteiger partial charge on any atom is -0.497 e. The summed E-state index contributed by atoms with van der Waals surface area (Å²) in [5.74, 6) is 0.144. The van der Waals surface area contributed by atoms with Gasteiger partial charge in [-0.1, -0.05) is 35.9 Å².